The molecule has 1 saturated heterocycles. The van der Waals surface area contributed by atoms with Crippen molar-refractivity contribution >= 4 is 27.3 Å². The molecule has 0 bridgehead atoms. The summed E-state index contributed by atoms with van der Waals surface area (Å²) in [5, 5.41) is 13.5. The lowest BCUT2D eigenvalue weighted by Gasteiger charge is -2.26. The van der Waals surface area contributed by atoms with Crippen LogP contribution in [0.5, 0.6) is 5.75 Å². The van der Waals surface area contributed by atoms with E-state index in [0.29, 0.717) is 0 Å². The molecule has 1 amide bonds. The van der Waals surface area contributed by atoms with Gasteiger partial charge in [-0.25, -0.2) is 8.42 Å². The van der Waals surface area contributed by atoms with Gasteiger partial charge in [-0.3, -0.25) is 19.9 Å². The number of aromatic nitrogens is 1. The number of methoxy groups -OCH3 is 1. The molecule has 1 aliphatic heterocycles. The van der Waals surface area contributed by atoms with Crippen molar-refractivity contribution in [2.45, 2.75) is 4.90 Å². The van der Waals surface area contributed by atoms with Crippen molar-refractivity contribution in [3.05, 3.63) is 52.3 Å². The van der Waals surface area contributed by atoms with E-state index in [0.717, 1.165) is 6.20 Å². The van der Waals surface area contributed by atoms with Crippen LogP contribution in [0.4, 0.5) is 11.4 Å². The number of anilines is 1. The molecule has 12 heteroatoms. The standard InChI is InChI=1S/C17H18N4O7S/c1-27-16-3-2-12(29(25,26)20-6-8-28-9-7-20)10-13(16)17(22)19-14-4-5-18-11-15(14)21(23)24/h2-5,10-11H,6-9H2,1H3,(H,18,19,22). The molecule has 154 valence electrons. The lowest BCUT2D eigenvalue weighted by molar-refractivity contribution is -0.384. The Hall–Kier alpha value is -3.09. The number of rotatable bonds is 6. The fourth-order valence-electron chi connectivity index (χ4n) is 2.79. The Kier molecular flexibility index (Phi) is 6.06. The number of sulfonamides is 1. The van der Waals surface area contributed by atoms with E-state index >= 15 is 0 Å². The maximum absolute atomic E-state index is 12.9. The predicted molar refractivity (Wildman–Crippen MR) is 101 cm³/mol. The largest absolute Gasteiger partial charge is 0.496 e. The molecule has 2 aromatic rings. The van der Waals surface area contributed by atoms with Gasteiger partial charge < -0.3 is 14.8 Å². The molecule has 1 aliphatic rings. The lowest BCUT2D eigenvalue weighted by atomic mass is 10.2. The monoisotopic (exact) mass is 422 g/mol. The second kappa shape index (κ2) is 8.51. The average molecular weight is 422 g/mol. The number of nitrogens with zero attached hydrogens (tertiary/aromatic N) is 3. The molecule has 0 atom stereocenters. The molecule has 0 radical (unpaired) electrons. The zero-order valence-electron chi connectivity index (χ0n) is 15.4. The van der Waals surface area contributed by atoms with E-state index in [2.05, 4.69) is 10.3 Å². The fourth-order valence-corrected chi connectivity index (χ4v) is 4.22. The Bertz CT molecular complexity index is 1040. The van der Waals surface area contributed by atoms with Crippen LogP contribution in [0, 0.1) is 10.1 Å². The molecule has 1 fully saturated rings. The second-order valence-corrected chi connectivity index (χ2v) is 7.92. The molecular weight excluding hydrogens is 404 g/mol. The van der Waals surface area contributed by atoms with Crippen LogP contribution in [-0.4, -0.2) is 62.0 Å². The van der Waals surface area contributed by atoms with E-state index in [4.69, 9.17) is 9.47 Å². The molecule has 11 nitrogen and oxygen atoms in total. The molecule has 0 unspecified atom stereocenters. The first kappa shape index (κ1) is 20.6. The van der Waals surface area contributed by atoms with Crippen molar-refractivity contribution < 1.29 is 27.6 Å². The highest BCUT2D eigenvalue weighted by Gasteiger charge is 2.28. The summed E-state index contributed by atoms with van der Waals surface area (Å²) in [5.41, 5.74) is -0.539. The van der Waals surface area contributed by atoms with Crippen LogP contribution >= 0.6 is 0 Å². The Balaban J connectivity index is 1.95. The van der Waals surface area contributed by atoms with Gasteiger partial charge in [0.25, 0.3) is 5.91 Å². The highest BCUT2D eigenvalue weighted by molar-refractivity contribution is 7.89. The van der Waals surface area contributed by atoms with Crippen molar-refractivity contribution in [2.24, 2.45) is 0 Å². The number of ether oxygens (including phenoxy) is 2. The Morgan fingerprint density at radius 3 is 2.69 bits per heavy atom. The van der Waals surface area contributed by atoms with Gasteiger partial charge >= 0.3 is 5.69 Å². The number of nitrogens with one attached hydrogen (secondary N) is 1. The SMILES string of the molecule is COc1ccc(S(=O)(=O)N2CCOCC2)cc1C(=O)Nc1ccncc1[N+](=O)[O-]. The van der Waals surface area contributed by atoms with Crippen molar-refractivity contribution in [2.75, 3.05) is 38.7 Å². The van der Waals surface area contributed by atoms with Crippen molar-refractivity contribution in [1.82, 2.24) is 9.29 Å². The smallest absolute Gasteiger partial charge is 0.310 e. The van der Waals surface area contributed by atoms with Crippen molar-refractivity contribution in [3.63, 3.8) is 0 Å². The lowest BCUT2D eigenvalue weighted by Crippen LogP contribution is -2.40. The van der Waals surface area contributed by atoms with Gasteiger partial charge in [0, 0.05) is 19.3 Å². The van der Waals surface area contributed by atoms with Crippen LogP contribution in [0.25, 0.3) is 0 Å². The van der Waals surface area contributed by atoms with Gasteiger partial charge in [-0.2, -0.15) is 4.31 Å². The highest BCUT2D eigenvalue weighted by atomic mass is 32.2. The van der Waals surface area contributed by atoms with E-state index in [-0.39, 0.29) is 48.2 Å². The van der Waals surface area contributed by atoms with Crippen LogP contribution in [-0.2, 0) is 14.8 Å². The number of hydrogen-bond acceptors (Lipinski definition) is 8. The zero-order valence-corrected chi connectivity index (χ0v) is 16.2. The Morgan fingerprint density at radius 1 is 1.31 bits per heavy atom. The third-order valence-electron chi connectivity index (χ3n) is 4.27. The van der Waals surface area contributed by atoms with Crippen molar-refractivity contribution in [1.29, 1.82) is 0 Å². The third kappa shape index (κ3) is 4.34. The summed E-state index contributed by atoms with van der Waals surface area (Å²) in [4.78, 5) is 26.8. The number of carbonyl (C=O) groups excluding carboxylic acids is 1. The summed E-state index contributed by atoms with van der Waals surface area (Å²) in [6.07, 6.45) is 2.30. The third-order valence-corrected chi connectivity index (χ3v) is 6.16. The summed E-state index contributed by atoms with van der Waals surface area (Å²) >= 11 is 0. The zero-order chi connectivity index (χ0) is 21.0. The number of hydrogen-bond donors (Lipinski definition) is 1. The predicted octanol–water partition coefficient (Wildman–Crippen LogP) is 1.27. The van der Waals surface area contributed by atoms with E-state index in [9.17, 15) is 23.3 Å². The molecular formula is C17H18N4O7S. The van der Waals surface area contributed by atoms with Gasteiger partial charge in [0.1, 0.15) is 17.6 Å². The summed E-state index contributed by atoms with van der Waals surface area (Å²) in [7, 11) is -2.51. The maximum Gasteiger partial charge on any atom is 0.310 e. The number of benzene rings is 1. The van der Waals surface area contributed by atoms with Crippen LogP contribution in [0.15, 0.2) is 41.6 Å². The minimum absolute atomic E-state index is 0.0708. The van der Waals surface area contributed by atoms with Gasteiger partial charge in [0.05, 0.1) is 35.7 Å². The molecule has 3 rings (SSSR count). The number of nitro groups is 1. The van der Waals surface area contributed by atoms with Crippen molar-refractivity contribution in [3.8, 4) is 5.75 Å². The molecule has 29 heavy (non-hydrogen) atoms. The first-order valence-corrected chi connectivity index (χ1v) is 9.94. The fraction of sp³-hybridized carbons (Fsp3) is 0.294. The van der Waals surface area contributed by atoms with Crippen LogP contribution in [0.1, 0.15) is 10.4 Å². The summed E-state index contributed by atoms with van der Waals surface area (Å²) < 4.78 is 37.3. The Labute approximate surface area is 166 Å². The van der Waals surface area contributed by atoms with E-state index in [1.807, 2.05) is 0 Å². The normalized spacial score (nSPS) is 14.9. The molecule has 2 heterocycles. The molecule has 0 aliphatic carbocycles. The summed E-state index contributed by atoms with van der Waals surface area (Å²) in [5.74, 6) is -0.629. The number of morpholine rings is 1. The number of pyridine rings is 1. The maximum atomic E-state index is 12.9. The minimum atomic E-state index is -3.84. The molecule has 0 spiro atoms. The Morgan fingerprint density at radius 2 is 2.03 bits per heavy atom. The van der Waals surface area contributed by atoms with Gasteiger partial charge in [-0.05, 0) is 24.3 Å². The summed E-state index contributed by atoms with van der Waals surface area (Å²) in [6, 6.07) is 5.17. The van der Waals surface area contributed by atoms with Crippen LogP contribution < -0.4 is 10.1 Å². The first-order valence-electron chi connectivity index (χ1n) is 8.50. The molecule has 1 aromatic carbocycles. The molecule has 1 aromatic heterocycles. The van der Waals surface area contributed by atoms with Crippen LogP contribution in [0.3, 0.4) is 0 Å². The molecule has 1 N–H and O–H groups in total. The quantitative estimate of drug-likeness (QED) is 0.542. The van der Waals surface area contributed by atoms with E-state index in [1.54, 1.807) is 0 Å². The number of amides is 1. The topological polar surface area (TPSA) is 141 Å². The first-order chi connectivity index (χ1) is 13.8. The minimum Gasteiger partial charge on any atom is -0.496 e. The number of carbonyl (C=O) groups is 1. The van der Waals surface area contributed by atoms with Gasteiger partial charge in [-0.15, -0.1) is 0 Å². The van der Waals surface area contributed by atoms with E-state index < -0.39 is 26.5 Å². The highest BCUT2D eigenvalue weighted by Crippen LogP contribution is 2.28. The molecule has 0 saturated carbocycles. The average Bonchev–Trinajstić information content (AvgIpc) is 2.74. The summed E-state index contributed by atoms with van der Waals surface area (Å²) in [6.45, 7) is 0.987. The van der Waals surface area contributed by atoms with Gasteiger partial charge in [-0.1, -0.05) is 0 Å². The van der Waals surface area contributed by atoms with Crippen LogP contribution in [0.2, 0.25) is 0 Å². The second-order valence-electron chi connectivity index (χ2n) is 5.98. The van der Waals surface area contributed by atoms with Gasteiger partial charge in [0.2, 0.25) is 10.0 Å². The van der Waals surface area contributed by atoms with E-state index in [1.165, 1.54) is 41.9 Å². The van der Waals surface area contributed by atoms with Gasteiger partial charge in [0.15, 0.2) is 0 Å².